The van der Waals surface area contributed by atoms with E-state index in [2.05, 4.69) is 51.8 Å². The van der Waals surface area contributed by atoms with Crippen LogP contribution in [0.1, 0.15) is 13.8 Å². The number of anilines is 1. The summed E-state index contributed by atoms with van der Waals surface area (Å²) in [6.45, 7) is 6.16. The van der Waals surface area contributed by atoms with Gasteiger partial charge in [-0.15, -0.1) is 0 Å². The zero-order valence-electron chi connectivity index (χ0n) is 12.1. The van der Waals surface area contributed by atoms with Gasteiger partial charge >= 0.3 is 115 Å². The summed E-state index contributed by atoms with van der Waals surface area (Å²) in [6, 6.07) is 6.49. The zero-order valence-corrected chi connectivity index (χ0v) is 15.0. The van der Waals surface area contributed by atoms with Crippen molar-refractivity contribution in [2.75, 3.05) is 18.0 Å². The quantitative estimate of drug-likeness (QED) is 0.761. The van der Waals surface area contributed by atoms with Gasteiger partial charge in [0, 0.05) is 0 Å². The molecule has 18 heavy (non-hydrogen) atoms. The van der Waals surface area contributed by atoms with Crippen LogP contribution >= 0.6 is 0 Å². The van der Waals surface area contributed by atoms with E-state index in [1.54, 1.807) is 0 Å². The van der Waals surface area contributed by atoms with Crippen LogP contribution < -0.4 is 8.61 Å². The fraction of sp³-hybridized carbons (Fsp3) is 0.643. The first-order chi connectivity index (χ1) is 8.36. The Morgan fingerprint density at radius 3 is 2.33 bits per heavy atom. The van der Waals surface area contributed by atoms with E-state index in [-0.39, 0.29) is 12.2 Å². The third kappa shape index (κ3) is 3.38. The monoisotopic (exact) mass is 356 g/mol. The minimum absolute atomic E-state index is 0.289. The summed E-state index contributed by atoms with van der Waals surface area (Å²) < 4.78 is 7.13. The van der Waals surface area contributed by atoms with Crippen molar-refractivity contribution in [1.82, 2.24) is 4.98 Å². The molecule has 0 radical (unpaired) electrons. The molecule has 1 aliphatic rings. The van der Waals surface area contributed by atoms with E-state index in [1.807, 2.05) is 0 Å². The van der Waals surface area contributed by atoms with Gasteiger partial charge in [-0.1, -0.05) is 0 Å². The summed E-state index contributed by atoms with van der Waals surface area (Å²) in [5, 5.41) is 0. The Balaban J connectivity index is 2.23. The molecule has 1 aromatic heterocycles. The van der Waals surface area contributed by atoms with Gasteiger partial charge in [0.25, 0.3) is 0 Å². The molecule has 0 unspecified atom stereocenters. The number of hydrogen-bond donors (Lipinski definition) is 0. The van der Waals surface area contributed by atoms with Crippen molar-refractivity contribution in [3.8, 4) is 0 Å². The Bertz CT molecular complexity index is 407. The van der Waals surface area contributed by atoms with E-state index in [4.69, 9.17) is 9.72 Å². The Morgan fingerprint density at radius 1 is 1.17 bits per heavy atom. The minimum atomic E-state index is -2.06. The van der Waals surface area contributed by atoms with Crippen molar-refractivity contribution in [2.45, 2.75) is 40.9 Å². The van der Waals surface area contributed by atoms with E-state index < -0.39 is 18.4 Å². The molecular weight excluding hydrogens is 331 g/mol. The average molecular weight is 355 g/mol. The first kappa shape index (κ1) is 14.1. The Kier molecular flexibility index (Phi) is 4.21. The van der Waals surface area contributed by atoms with Crippen LogP contribution in [0.15, 0.2) is 18.2 Å². The van der Waals surface area contributed by atoms with Gasteiger partial charge in [-0.05, 0) is 0 Å². The zero-order chi connectivity index (χ0) is 13.3. The Labute approximate surface area is 114 Å². The molecule has 0 aromatic carbocycles. The second-order valence-corrected chi connectivity index (χ2v) is 20.6. The number of morpholine rings is 1. The van der Waals surface area contributed by atoms with E-state index in [0.29, 0.717) is 0 Å². The number of ether oxygens (including phenoxy) is 1. The predicted octanol–water partition coefficient (Wildman–Crippen LogP) is 2.24. The van der Waals surface area contributed by atoms with Gasteiger partial charge < -0.3 is 0 Å². The van der Waals surface area contributed by atoms with Crippen LogP contribution in [0.25, 0.3) is 0 Å². The topological polar surface area (TPSA) is 25.4 Å². The van der Waals surface area contributed by atoms with Crippen molar-refractivity contribution in [3.05, 3.63) is 18.2 Å². The van der Waals surface area contributed by atoms with Crippen LogP contribution in [-0.4, -0.2) is 48.7 Å². The summed E-state index contributed by atoms with van der Waals surface area (Å²) in [4.78, 5) is 14.5. The fourth-order valence-corrected chi connectivity index (χ4v) is 5.37. The van der Waals surface area contributed by atoms with E-state index >= 15 is 0 Å². The SMILES string of the molecule is C[C@@H]1CN(c2ccc[c]([Sn]([CH3])([CH3])[CH3])n2)C[C@H](C)O1. The first-order valence-corrected chi connectivity index (χ1v) is 16.7. The maximum atomic E-state index is 5.78. The van der Waals surface area contributed by atoms with E-state index in [1.165, 1.54) is 3.71 Å². The molecule has 2 rings (SSSR count). The van der Waals surface area contributed by atoms with Crippen LogP contribution in [0.5, 0.6) is 0 Å². The first-order valence-electron chi connectivity index (χ1n) is 6.74. The molecule has 0 N–H and O–H groups in total. The number of aromatic nitrogens is 1. The molecule has 0 saturated carbocycles. The Morgan fingerprint density at radius 2 is 1.78 bits per heavy atom. The summed E-state index contributed by atoms with van der Waals surface area (Å²) in [5.41, 5.74) is 0. The standard InChI is InChI=1S/C11H15N2O.3CH3.Sn/c1-9-7-13(8-10(2)14-9)11-5-3-4-6-12-11;;;;/h3-5,9-10H,7-8H2,1-2H3;3*1H3;/t9-,10+;;;;. The van der Waals surface area contributed by atoms with Crippen LogP contribution in [0, 0.1) is 0 Å². The summed E-state index contributed by atoms with van der Waals surface area (Å²) in [6.07, 6.45) is 0.578. The summed E-state index contributed by atoms with van der Waals surface area (Å²) in [7, 11) is 0. The molecule has 2 atom stereocenters. The van der Waals surface area contributed by atoms with Crippen molar-refractivity contribution in [2.24, 2.45) is 0 Å². The summed E-state index contributed by atoms with van der Waals surface area (Å²) in [5.74, 6) is 1.13. The molecule has 0 amide bonds. The van der Waals surface area contributed by atoms with Gasteiger partial charge in [0.15, 0.2) is 0 Å². The number of pyridine rings is 1. The Hall–Kier alpha value is -0.291. The molecule has 0 spiro atoms. The number of rotatable bonds is 2. The molecule has 1 aliphatic heterocycles. The van der Waals surface area contributed by atoms with Gasteiger partial charge in [-0.25, -0.2) is 0 Å². The molecule has 3 nitrogen and oxygen atoms in total. The van der Waals surface area contributed by atoms with Gasteiger partial charge in [-0.3, -0.25) is 0 Å². The van der Waals surface area contributed by atoms with Crippen LogP contribution in [0.4, 0.5) is 5.82 Å². The van der Waals surface area contributed by atoms with Crippen LogP contribution in [-0.2, 0) is 4.74 Å². The molecule has 1 aromatic rings. The molecule has 4 heteroatoms. The molecular formula is C14H24N2OSn. The van der Waals surface area contributed by atoms with Crippen LogP contribution in [0.3, 0.4) is 0 Å². The molecule has 0 aliphatic carbocycles. The molecule has 0 bridgehead atoms. The van der Waals surface area contributed by atoms with E-state index in [9.17, 15) is 0 Å². The van der Waals surface area contributed by atoms with Crippen molar-refractivity contribution in [1.29, 1.82) is 0 Å². The third-order valence-corrected chi connectivity index (χ3v) is 8.43. The van der Waals surface area contributed by atoms with Gasteiger partial charge in [-0.2, -0.15) is 0 Å². The molecule has 1 fully saturated rings. The normalized spacial score (nSPS) is 25.3. The number of nitrogens with zero attached hydrogens (tertiary/aromatic N) is 2. The summed E-state index contributed by atoms with van der Waals surface area (Å²) >= 11 is -2.06. The average Bonchev–Trinajstić information content (AvgIpc) is 2.27. The second-order valence-electron chi connectivity index (χ2n) is 6.29. The molecule has 100 valence electrons. The van der Waals surface area contributed by atoms with Crippen LogP contribution in [0.2, 0.25) is 14.8 Å². The molecule has 1 saturated heterocycles. The number of hydrogen-bond acceptors (Lipinski definition) is 3. The maximum absolute atomic E-state index is 5.78. The van der Waals surface area contributed by atoms with Crippen molar-refractivity contribution >= 4 is 27.9 Å². The molecule has 2 heterocycles. The van der Waals surface area contributed by atoms with Crippen molar-refractivity contribution in [3.63, 3.8) is 0 Å². The second kappa shape index (κ2) is 5.37. The third-order valence-electron chi connectivity index (χ3n) is 3.25. The fourth-order valence-electron chi connectivity index (χ4n) is 2.38. The van der Waals surface area contributed by atoms with Gasteiger partial charge in [0.1, 0.15) is 0 Å². The van der Waals surface area contributed by atoms with Gasteiger partial charge in [0.2, 0.25) is 0 Å². The van der Waals surface area contributed by atoms with E-state index in [0.717, 1.165) is 18.9 Å². The van der Waals surface area contributed by atoms with Gasteiger partial charge in [0.05, 0.1) is 0 Å². The predicted molar refractivity (Wildman–Crippen MR) is 79.4 cm³/mol. The van der Waals surface area contributed by atoms with Crippen molar-refractivity contribution < 1.29 is 4.74 Å².